The number of anilines is 1. The number of carbonyl (C=O) groups is 1. The fraction of sp³-hybridized carbons (Fsp3) is 0.350. The minimum atomic E-state index is -0.173. The largest absolute Gasteiger partial charge is 0.493 e. The van der Waals surface area contributed by atoms with Crippen LogP contribution in [0.1, 0.15) is 5.56 Å². The third-order valence-electron chi connectivity index (χ3n) is 4.04. The van der Waals surface area contributed by atoms with E-state index < -0.39 is 0 Å². The summed E-state index contributed by atoms with van der Waals surface area (Å²) in [7, 11) is 7.12. The van der Waals surface area contributed by atoms with Gasteiger partial charge in [0.05, 0.1) is 19.9 Å². The maximum atomic E-state index is 12.9. The number of hydrogen-bond acceptors (Lipinski definition) is 4. The number of rotatable bonds is 8. The lowest BCUT2D eigenvalue weighted by Crippen LogP contribution is -2.39. The third-order valence-corrected chi connectivity index (χ3v) is 4.69. The molecule has 2 aromatic carbocycles. The molecule has 0 aliphatic heterocycles. The zero-order valence-electron chi connectivity index (χ0n) is 16.2. The second-order valence-electron chi connectivity index (χ2n) is 6.33. The number of hydrogen-bond donors (Lipinski definition) is 1. The molecule has 2 amide bonds. The molecule has 0 radical (unpaired) electrons. The average Bonchev–Trinajstić information content (AvgIpc) is 2.66. The fourth-order valence-electron chi connectivity index (χ4n) is 2.52. The van der Waals surface area contributed by atoms with Gasteiger partial charge >= 0.3 is 6.03 Å². The van der Waals surface area contributed by atoms with Gasteiger partial charge in [-0.25, -0.2) is 4.79 Å². The first-order valence-corrected chi connectivity index (χ1v) is 9.40. The van der Waals surface area contributed by atoms with Gasteiger partial charge in [-0.1, -0.05) is 30.3 Å². The summed E-state index contributed by atoms with van der Waals surface area (Å²) in [6, 6.07) is 13.3. The third kappa shape index (κ3) is 6.15. The Morgan fingerprint density at radius 2 is 1.67 bits per heavy atom. The second-order valence-corrected chi connectivity index (χ2v) is 7.18. The molecule has 0 aliphatic rings. The van der Waals surface area contributed by atoms with E-state index >= 15 is 0 Å². The summed E-state index contributed by atoms with van der Waals surface area (Å²) in [6.07, 6.45) is 0. The van der Waals surface area contributed by atoms with Gasteiger partial charge in [0.15, 0.2) is 11.5 Å². The van der Waals surface area contributed by atoms with Gasteiger partial charge in [0, 0.05) is 36.2 Å². The van der Waals surface area contributed by atoms with Crippen LogP contribution in [0.5, 0.6) is 11.5 Å². The van der Waals surface area contributed by atoms with Gasteiger partial charge in [0.25, 0.3) is 0 Å². The topological polar surface area (TPSA) is 54.0 Å². The van der Waals surface area contributed by atoms with Gasteiger partial charge in [-0.3, -0.25) is 0 Å². The quantitative estimate of drug-likeness (QED) is 0.678. The Morgan fingerprint density at radius 1 is 1.04 bits per heavy atom. The first-order valence-electron chi connectivity index (χ1n) is 8.60. The Bertz CT molecular complexity index is 754. The molecule has 0 aromatic heterocycles. The summed E-state index contributed by atoms with van der Waals surface area (Å²) in [5.74, 6) is 1.15. The van der Waals surface area contributed by atoms with Crippen molar-refractivity contribution in [2.45, 2.75) is 6.54 Å². The van der Waals surface area contributed by atoms with E-state index in [0.29, 0.717) is 30.3 Å². The van der Waals surface area contributed by atoms with Crippen LogP contribution in [0.3, 0.4) is 0 Å². The average molecular weight is 436 g/mol. The summed E-state index contributed by atoms with van der Waals surface area (Å²) in [5, 5.41) is 2.97. The Hall–Kier alpha value is -2.25. The Labute approximate surface area is 169 Å². The molecule has 2 aromatic rings. The van der Waals surface area contributed by atoms with Crippen LogP contribution >= 0.6 is 15.9 Å². The highest BCUT2D eigenvalue weighted by Crippen LogP contribution is 2.36. The van der Waals surface area contributed by atoms with E-state index in [1.165, 1.54) is 0 Å². The maximum Gasteiger partial charge on any atom is 0.322 e. The van der Waals surface area contributed by atoms with Gasteiger partial charge in [-0.05, 0) is 35.6 Å². The molecule has 0 fully saturated rings. The second kappa shape index (κ2) is 10.2. The van der Waals surface area contributed by atoms with Crippen molar-refractivity contribution in [1.82, 2.24) is 9.80 Å². The number of urea groups is 1. The number of nitrogens with zero attached hydrogens (tertiary/aromatic N) is 2. The monoisotopic (exact) mass is 435 g/mol. The predicted molar refractivity (Wildman–Crippen MR) is 112 cm³/mol. The van der Waals surface area contributed by atoms with E-state index in [0.717, 1.165) is 16.6 Å². The number of methoxy groups -OCH3 is 2. The summed E-state index contributed by atoms with van der Waals surface area (Å²) in [5.41, 5.74) is 1.71. The lowest BCUT2D eigenvalue weighted by molar-refractivity contribution is 0.202. The molecule has 2 rings (SSSR count). The molecule has 0 saturated carbocycles. The Balaban J connectivity index is 2.19. The van der Waals surface area contributed by atoms with Crippen molar-refractivity contribution in [3.63, 3.8) is 0 Å². The molecule has 0 saturated heterocycles. The normalized spacial score (nSPS) is 10.6. The van der Waals surface area contributed by atoms with Crippen LogP contribution in [-0.2, 0) is 6.54 Å². The molecule has 0 heterocycles. The van der Waals surface area contributed by atoms with E-state index in [1.54, 1.807) is 31.3 Å². The highest BCUT2D eigenvalue weighted by Gasteiger charge is 2.17. The van der Waals surface area contributed by atoms with Gasteiger partial charge in [-0.15, -0.1) is 0 Å². The van der Waals surface area contributed by atoms with E-state index in [2.05, 4.69) is 26.1 Å². The molecule has 0 spiro atoms. The highest BCUT2D eigenvalue weighted by molar-refractivity contribution is 9.10. The lowest BCUT2D eigenvalue weighted by atomic mass is 10.2. The number of likely N-dealkylation sites (N-methyl/N-ethyl adjacent to an activating group) is 1. The summed E-state index contributed by atoms with van der Waals surface area (Å²) >= 11 is 3.48. The van der Waals surface area contributed by atoms with Crippen molar-refractivity contribution in [2.75, 3.05) is 46.7 Å². The Morgan fingerprint density at radius 3 is 2.26 bits per heavy atom. The van der Waals surface area contributed by atoms with Crippen molar-refractivity contribution in [3.05, 3.63) is 52.5 Å². The Kier molecular flexibility index (Phi) is 7.94. The molecule has 0 atom stereocenters. The van der Waals surface area contributed by atoms with Crippen LogP contribution in [0, 0.1) is 0 Å². The van der Waals surface area contributed by atoms with Crippen molar-refractivity contribution < 1.29 is 14.3 Å². The highest BCUT2D eigenvalue weighted by atomic mass is 79.9. The molecular weight excluding hydrogens is 410 g/mol. The summed E-state index contributed by atoms with van der Waals surface area (Å²) < 4.78 is 11.3. The maximum absolute atomic E-state index is 12.9. The number of halogens is 1. The standard InChI is InChI=1S/C20H26BrN3O3/c1-23(2)10-11-24(14-15-8-6-5-7-9-15)20(25)22-17-13-19(27-4)18(26-3)12-16(17)21/h5-9,12-13H,10-11,14H2,1-4H3,(H,22,25). The van der Waals surface area contributed by atoms with Gasteiger partial charge in [0.1, 0.15) is 0 Å². The molecule has 0 aliphatic carbocycles. The molecule has 0 unspecified atom stereocenters. The van der Waals surface area contributed by atoms with Crippen LogP contribution < -0.4 is 14.8 Å². The minimum Gasteiger partial charge on any atom is -0.493 e. The van der Waals surface area contributed by atoms with E-state index in [1.807, 2.05) is 44.4 Å². The first kappa shape index (κ1) is 21.1. The number of carbonyl (C=O) groups excluding carboxylic acids is 1. The number of benzene rings is 2. The zero-order valence-corrected chi connectivity index (χ0v) is 17.7. The lowest BCUT2D eigenvalue weighted by Gasteiger charge is -2.25. The van der Waals surface area contributed by atoms with Crippen molar-refractivity contribution in [2.24, 2.45) is 0 Å². The van der Waals surface area contributed by atoms with E-state index in [9.17, 15) is 4.79 Å². The van der Waals surface area contributed by atoms with Crippen LogP contribution in [0.25, 0.3) is 0 Å². The van der Waals surface area contributed by atoms with E-state index in [4.69, 9.17) is 9.47 Å². The van der Waals surface area contributed by atoms with Crippen molar-refractivity contribution in [1.29, 1.82) is 0 Å². The SMILES string of the molecule is COc1cc(Br)c(NC(=O)N(CCN(C)C)Cc2ccccc2)cc1OC. The number of nitrogens with one attached hydrogen (secondary N) is 1. The van der Waals surface area contributed by atoms with Crippen LogP contribution in [0.2, 0.25) is 0 Å². The summed E-state index contributed by atoms with van der Waals surface area (Å²) in [6.45, 7) is 1.91. The smallest absolute Gasteiger partial charge is 0.322 e. The van der Waals surface area contributed by atoms with Gasteiger partial charge in [0.2, 0.25) is 0 Å². The van der Waals surface area contributed by atoms with Crippen LogP contribution in [0.15, 0.2) is 46.9 Å². The van der Waals surface area contributed by atoms with Crippen LogP contribution in [-0.4, -0.2) is 57.2 Å². The molecule has 6 nitrogen and oxygen atoms in total. The summed E-state index contributed by atoms with van der Waals surface area (Å²) in [4.78, 5) is 16.8. The zero-order chi connectivity index (χ0) is 19.8. The van der Waals surface area contributed by atoms with E-state index in [-0.39, 0.29) is 6.03 Å². The predicted octanol–water partition coefficient (Wildman–Crippen LogP) is 4.06. The fourth-order valence-corrected chi connectivity index (χ4v) is 2.94. The molecular formula is C20H26BrN3O3. The van der Waals surface area contributed by atoms with Crippen molar-refractivity contribution >= 4 is 27.6 Å². The molecule has 0 bridgehead atoms. The molecule has 146 valence electrons. The van der Waals surface area contributed by atoms with Gasteiger partial charge in [-0.2, -0.15) is 0 Å². The van der Waals surface area contributed by atoms with Crippen LogP contribution in [0.4, 0.5) is 10.5 Å². The number of amides is 2. The molecule has 27 heavy (non-hydrogen) atoms. The molecule has 7 heteroatoms. The van der Waals surface area contributed by atoms with Crippen molar-refractivity contribution in [3.8, 4) is 11.5 Å². The number of ether oxygens (including phenoxy) is 2. The molecule has 1 N–H and O–H groups in total. The first-order chi connectivity index (χ1) is 12.9. The minimum absolute atomic E-state index is 0.173. The van der Waals surface area contributed by atoms with Gasteiger partial charge < -0.3 is 24.6 Å².